The van der Waals surface area contributed by atoms with Gasteiger partial charge in [0.15, 0.2) is 0 Å². The summed E-state index contributed by atoms with van der Waals surface area (Å²) >= 11 is 0. The van der Waals surface area contributed by atoms with Gasteiger partial charge in [0.1, 0.15) is 5.82 Å². The molecule has 2 heterocycles. The van der Waals surface area contributed by atoms with Crippen LogP contribution in [0.3, 0.4) is 0 Å². The fourth-order valence-corrected chi connectivity index (χ4v) is 2.22. The van der Waals surface area contributed by atoms with Crippen LogP contribution in [0.25, 0.3) is 0 Å². The van der Waals surface area contributed by atoms with Gasteiger partial charge in [-0.15, -0.1) is 0 Å². The van der Waals surface area contributed by atoms with Crippen molar-refractivity contribution >= 4 is 5.82 Å². The molecule has 16 heavy (non-hydrogen) atoms. The Morgan fingerprint density at radius 3 is 2.62 bits per heavy atom. The molecule has 3 heteroatoms. The smallest absolute Gasteiger partial charge is 0.129 e. The lowest BCUT2D eigenvalue weighted by Crippen LogP contribution is -2.30. The topological polar surface area (TPSA) is 42.1 Å². The van der Waals surface area contributed by atoms with Gasteiger partial charge in [-0.25, -0.2) is 4.98 Å². The maximum absolute atomic E-state index is 5.73. The second-order valence-electron chi connectivity index (χ2n) is 4.43. The average molecular weight is 219 g/mol. The zero-order chi connectivity index (χ0) is 11.4. The zero-order valence-corrected chi connectivity index (χ0v) is 10.1. The number of piperidine rings is 1. The summed E-state index contributed by atoms with van der Waals surface area (Å²) in [6.07, 6.45) is 4.91. The summed E-state index contributed by atoms with van der Waals surface area (Å²) in [5.41, 5.74) is 8.08. The van der Waals surface area contributed by atoms with Crippen LogP contribution < -0.4 is 10.6 Å². The fraction of sp³-hybridized carbons (Fsp3) is 0.615. The van der Waals surface area contributed by atoms with Gasteiger partial charge in [-0.3, -0.25) is 0 Å². The van der Waals surface area contributed by atoms with E-state index in [0.29, 0.717) is 6.54 Å². The number of anilines is 1. The summed E-state index contributed by atoms with van der Waals surface area (Å²) in [5, 5.41) is 0. The molecular formula is C13H21N3. The third kappa shape index (κ3) is 2.53. The highest BCUT2D eigenvalue weighted by Crippen LogP contribution is 2.19. The van der Waals surface area contributed by atoms with Crippen molar-refractivity contribution in [3.05, 3.63) is 23.4 Å². The molecule has 0 aromatic carbocycles. The molecule has 0 saturated carbocycles. The Balaban J connectivity index is 2.24. The van der Waals surface area contributed by atoms with Crippen LogP contribution in [-0.4, -0.2) is 18.1 Å². The first-order valence-electron chi connectivity index (χ1n) is 6.28. The maximum Gasteiger partial charge on any atom is 0.129 e. The van der Waals surface area contributed by atoms with Crippen molar-refractivity contribution in [3.63, 3.8) is 0 Å². The Kier molecular flexibility index (Phi) is 3.78. The highest BCUT2D eigenvalue weighted by molar-refractivity contribution is 5.43. The van der Waals surface area contributed by atoms with Gasteiger partial charge in [-0.05, 0) is 43.4 Å². The van der Waals surface area contributed by atoms with Crippen molar-refractivity contribution in [1.29, 1.82) is 0 Å². The van der Waals surface area contributed by atoms with Crippen LogP contribution in [0.5, 0.6) is 0 Å². The van der Waals surface area contributed by atoms with Gasteiger partial charge in [0, 0.05) is 25.3 Å². The molecule has 0 radical (unpaired) electrons. The molecule has 1 aliphatic heterocycles. The van der Waals surface area contributed by atoms with Crippen molar-refractivity contribution < 1.29 is 0 Å². The Bertz CT molecular complexity index is 321. The molecule has 1 aromatic rings. The van der Waals surface area contributed by atoms with Gasteiger partial charge in [0.25, 0.3) is 0 Å². The summed E-state index contributed by atoms with van der Waals surface area (Å²) in [6, 6.07) is 4.26. The largest absolute Gasteiger partial charge is 0.357 e. The van der Waals surface area contributed by atoms with Crippen LogP contribution in [0.2, 0.25) is 0 Å². The average Bonchev–Trinajstić information content (AvgIpc) is 2.39. The van der Waals surface area contributed by atoms with Gasteiger partial charge in [0.2, 0.25) is 0 Å². The first-order valence-corrected chi connectivity index (χ1v) is 6.28. The number of aryl methyl sites for hydroxylation is 1. The summed E-state index contributed by atoms with van der Waals surface area (Å²) in [5.74, 6) is 1.12. The predicted octanol–water partition coefficient (Wildman–Crippen LogP) is 2.09. The molecule has 1 saturated heterocycles. The molecule has 88 valence electrons. The Labute approximate surface area is 97.7 Å². The number of nitrogens with zero attached hydrogens (tertiary/aromatic N) is 2. The highest BCUT2D eigenvalue weighted by Gasteiger charge is 2.13. The van der Waals surface area contributed by atoms with Crippen molar-refractivity contribution in [3.8, 4) is 0 Å². The molecule has 0 atom stereocenters. The van der Waals surface area contributed by atoms with Crippen LogP contribution in [0.1, 0.15) is 37.4 Å². The van der Waals surface area contributed by atoms with Crippen molar-refractivity contribution in [1.82, 2.24) is 4.98 Å². The van der Waals surface area contributed by atoms with E-state index >= 15 is 0 Å². The van der Waals surface area contributed by atoms with Crippen molar-refractivity contribution in [2.45, 2.75) is 39.2 Å². The van der Waals surface area contributed by atoms with E-state index < -0.39 is 0 Å². The standard InChI is InChI=1S/C13H21N3/c1-2-12-8-11(10-14)9-13(15-12)16-6-4-3-5-7-16/h8-9H,2-7,10,14H2,1H3. The predicted molar refractivity (Wildman–Crippen MR) is 67.6 cm³/mol. The quantitative estimate of drug-likeness (QED) is 0.846. The first kappa shape index (κ1) is 11.4. The van der Waals surface area contributed by atoms with Gasteiger partial charge in [0.05, 0.1) is 0 Å². The molecule has 2 N–H and O–H groups in total. The molecule has 0 unspecified atom stereocenters. The number of rotatable bonds is 3. The Morgan fingerprint density at radius 2 is 2.00 bits per heavy atom. The molecular weight excluding hydrogens is 198 g/mol. The van der Waals surface area contributed by atoms with E-state index in [1.807, 2.05) is 0 Å². The number of hydrogen-bond acceptors (Lipinski definition) is 3. The molecule has 0 spiro atoms. The van der Waals surface area contributed by atoms with Gasteiger partial charge >= 0.3 is 0 Å². The van der Waals surface area contributed by atoms with E-state index in [1.165, 1.54) is 24.8 Å². The van der Waals surface area contributed by atoms with Crippen LogP contribution in [0, 0.1) is 0 Å². The van der Waals surface area contributed by atoms with E-state index in [4.69, 9.17) is 10.7 Å². The molecule has 0 amide bonds. The Hall–Kier alpha value is -1.09. The third-order valence-electron chi connectivity index (χ3n) is 3.20. The second-order valence-corrected chi connectivity index (χ2v) is 4.43. The van der Waals surface area contributed by atoms with E-state index in [2.05, 4.69) is 24.0 Å². The summed E-state index contributed by atoms with van der Waals surface area (Å²) in [4.78, 5) is 7.08. The third-order valence-corrected chi connectivity index (χ3v) is 3.20. The molecule has 1 aliphatic rings. The first-order chi connectivity index (χ1) is 7.83. The lowest BCUT2D eigenvalue weighted by atomic mass is 10.1. The zero-order valence-electron chi connectivity index (χ0n) is 10.1. The van der Waals surface area contributed by atoms with E-state index in [0.717, 1.165) is 31.0 Å². The SMILES string of the molecule is CCc1cc(CN)cc(N2CCCCC2)n1. The van der Waals surface area contributed by atoms with Crippen LogP contribution in [0.4, 0.5) is 5.82 Å². The fourth-order valence-electron chi connectivity index (χ4n) is 2.22. The lowest BCUT2D eigenvalue weighted by Gasteiger charge is -2.28. The van der Waals surface area contributed by atoms with Gasteiger partial charge in [-0.1, -0.05) is 6.92 Å². The van der Waals surface area contributed by atoms with Crippen LogP contribution in [-0.2, 0) is 13.0 Å². The van der Waals surface area contributed by atoms with Crippen LogP contribution in [0.15, 0.2) is 12.1 Å². The van der Waals surface area contributed by atoms with Gasteiger partial charge < -0.3 is 10.6 Å². The van der Waals surface area contributed by atoms with Crippen LogP contribution >= 0.6 is 0 Å². The number of nitrogens with two attached hydrogens (primary N) is 1. The van der Waals surface area contributed by atoms with E-state index in [-0.39, 0.29) is 0 Å². The summed E-state index contributed by atoms with van der Waals surface area (Å²) in [7, 11) is 0. The minimum atomic E-state index is 0.607. The maximum atomic E-state index is 5.73. The van der Waals surface area contributed by atoms with E-state index in [9.17, 15) is 0 Å². The molecule has 0 bridgehead atoms. The molecule has 0 aliphatic carbocycles. The monoisotopic (exact) mass is 219 g/mol. The van der Waals surface area contributed by atoms with Crippen molar-refractivity contribution in [2.75, 3.05) is 18.0 Å². The number of hydrogen-bond donors (Lipinski definition) is 1. The Morgan fingerprint density at radius 1 is 1.25 bits per heavy atom. The second kappa shape index (κ2) is 5.30. The minimum absolute atomic E-state index is 0.607. The number of pyridine rings is 1. The molecule has 1 fully saturated rings. The summed E-state index contributed by atoms with van der Waals surface area (Å²) in [6.45, 7) is 5.04. The lowest BCUT2D eigenvalue weighted by molar-refractivity contribution is 0.572. The minimum Gasteiger partial charge on any atom is -0.357 e. The van der Waals surface area contributed by atoms with E-state index in [1.54, 1.807) is 0 Å². The molecule has 1 aromatic heterocycles. The van der Waals surface area contributed by atoms with Crippen molar-refractivity contribution in [2.24, 2.45) is 5.73 Å². The normalized spacial score (nSPS) is 16.5. The highest BCUT2D eigenvalue weighted by atomic mass is 15.2. The summed E-state index contributed by atoms with van der Waals surface area (Å²) < 4.78 is 0. The molecule has 2 rings (SSSR count). The number of aromatic nitrogens is 1. The molecule has 3 nitrogen and oxygen atoms in total. The van der Waals surface area contributed by atoms with Gasteiger partial charge in [-0.2, -0.15) is 0 Å².